The fourth-order valence-corrected chi connectivity index (χ4v) is 2.08. The van der Waals surface area contributed by atoms with Crippen LogP contribution in [-0.2, 0) is 5.41 Å². The summed E-state index contributed by atoms with van der Waals surface area (Å²) < 4.78 is 5.32. The van der Waals surface area contributed by atoms with Gasteiger partial charge in [0.05, 0.1) is 12.7 Å². The zero-order valence-electron chi connectivity index (χ0n) is 11.7. The third-order valence-corrected chi connectivity index (χ3v) is 3.25. The lowest BCUT2D eigenvalue weighted by Crippen LogP contribution is -2.10. The molecule has 0 bridgehead atoms. The Bertz CT molecular complexity index is 636. The summed E-state index contributed by atoms with van der Waals surface area (Å²) in [6.45, 7) is 6.44. The molecule has 0 saturated carbocycles. The molecule has 0 aliphatic rings. The largest absolute Gasteiger partial charge is 0.496 e. The van der Waals surface area contributed by atoms with Gasteiger partial charge in [0.1, 0.15) is 5.75 Å². The molecule has 2 aromatic carbocycles. The highest BCUT2D eigenvalue weighted by Crippen LogP contribution is 2.32. The van der Waals surface area contributed by atoms with Crippen molar-refractivity contribution in [1.29, 1.82) is 0 Å². The monoisotopic (exact) mass is 258 g/mol. The third kappa shape index (κ3) is 2.55. The molecule has 0 unspecified atom stereocenters. The Kier molecular flexibility index (Phi) is 3.23. The van der Waals surface area contributed by atoms with Gasteiger partial charge in [-0.2, -0.15) is 0 Å². The van der Waals surface area contributed by atoms with Crippen LogP contribution in [0.4, 0.5) is 0 Å². The molecular weight excluding hydrogens is 240 g/mol. The normalized spacial score (nSPS) is 11.6. The quantitative estimate of drug-likeness (QED) is 0.890. The van der Waals surface area contributed by atoms with Crippen LogP contribution in [0.1, 0.15) is 36.7 Å². The lowest BCUT2D eigenvalue weighted by atomic mass is 9.85. The number of carboxylic acids is 1. The maximum absolute atomic E-state index is 11.1. The first-order chi connectivity index (χ1) is 8.82. The maximum Gasteiger partial charge on any atom is 0.335 e. The summed E-state index contributed by atoms with van der Waals surface area (Å²) in [6, 6.07) is 9.29. The minimum Gasteiger partial charge on any atom is -0.496 e. The van der Waals surface area contributed by atoms with Crippen LogP contribution in [0.2, 0.25) is 0 Å². The van der Waals surface area contributed by atoms with Crippen molar-refractivity contribution in [2.45, 2.75) is 26.2 Å². The third-order valence-electron chi connectivity index (χ3n) is 3.25. The van der Waals surface area contributed by atoms with Crippen molar-refractivity contribution in [3.63, 3.8) is 0 Å². The summed E-state index contributed by atoms with van der Waals surface area (Å²) in [7, 11) is 1.56. The van der Waals surface area contributed by atoms with E-state index in [-0.39, 0.29) is 11.0 Å². The SMILES string of the molecule is COc1cc(C(=O)O)cc2ccc(C(C)(C)C)cc12. The summed E-state index contributed by atoms with van der Waals surface area (Å²) in [4.78, 5) is 11.1. The van der Waals surface area contributed by atoms with E-state index in [1.54, 1.807) is 19.2 Å². The van der Waals surface area contributed by atoms with E-state index in [1.807, 2.05) is 12.1 Å². The second kappa shape index (κ2) is 4.57. The van der Waals surface area contributed by atoms with Gasteiger partial charge in [0.2, 0.25) is 0 Å². The van der Waals surface area contributed by atoms with E-state index in [1.165, 1.54) is 5.56 Å². The molecule has 0 heterocycles. The topological polar surface area (TPSA) is 46.5 Å². The first kappa shape index (κ1) is 13.4. The Morgan fingerprint density at radius 3 is 2.37 bits per heavy atom. The molecule has 0 aliphatic heterocycles. The summed E-state index contributed by atoms with van der Waals surface area (Å²) in [6.07, 6.45) is 0. The number of fused-ring (bicyclic) bond motifs is 1. The Labute approximate surface area is 112 Å². The fourth-order valence-electron chi connectivity index (χ4n) is 2.08. The van der Waals surface area contributed by atoms with Gasteiger partial charge in [-0.3, -0.25) is 0 Å². The molecule has 2 aromatic rings. The molecule has 1 N–H and O–H groups in total. The van der Waals surface area contributed by atoms with E-state index in [9.17, 15) is 4.79 Å². The van der Waals surface area contributed by atoms with Crippen LogP contribution in [0.3, 0.4) is 0 Å². The minimum atomic E-state index is -0.944. The van der Waals surface area contributed by atoms with Crippen molar-refractivity contribution >= 4 is 16.7 Å². The Hall–Kier alpha value is -2.03. The highest BCUT2D eigenvalue weighted by Gasteiger charge is 2.16. The maximum atomic E-state index is 11.1. The molecule has 0 spiro atoms. The molecular formula is C16H18O3. The van der Waals surface area contributed by atoms with Crippen LogP contribution in [0.25, 0.3) is 10.8 Å². The number of methoxy groups -OCH3 is 1. The van der Waals surface area contributed by atoms with E-state index in [4.69, 9.17) is 9.84 Å². The van der Waals surface area contributed by atoms with Crippen molar-refractivity contribution in [3.05, 3.63) is 41.5 Å². The van der Waals surface area contributed by atoms with Crippen molar-refractivity contribution in [1.82, 2.24) is 0 Å². The van der Waals surface area contributed by atoms with Gasteiger partial charge >= 0.3 is 5.97 Å². The standard InChI is InChI=1S/C16H18O3/c1-16(2,3)12-6-5-10-7-11(15(17)18)8-14(19-4)13(10)9-12/h5-9H,1-4H3,(H,17,18). The highest BCUT2D eigenvalue weighted by atomic mass is 16.5. The van der Waals surface area contributed by atoms with Crippen LogP contribution >= 0.6 is 0 Å². The predicted molar refractivity (Wildman–Crippen MR) is 76.2 cm³/mol. The van der Waals surface area contributed by atoms with Crippen LogP contribution in [0.5, 0.6) is 5.75 Å². The lowest BCUT2D eigenvalue weighted by molar-refractivity contribution is 0.0696. The second-order valence-corrected chi connectivity index (χ2v) is 5.67. The van der Waals surface area contributed by atoms with Gasteiger partial charge in [0, 0.05) is 5.39 Å². The van der Waals surface area contributed by atoms with E-state index in [0.717, 1.165) is 10.8 Å². The Balaban J connectivity index is 2.72. The average Bonchev–Trinajstić information content (AvgIpc) is 2.35. The zero-order valence-corrected chi connectivity index (χ0v) is 11.7. The van der Waals surface area contributed by atoms with Crippen molar-refractivity contribution in [2.75, 3.05) is 7.11 Å². The predicted octanol–water partition coefficient (Wildman–Crippen LogP) is 3.84. The van der Waals surface area contributed by atoms with E-state index >= 15 is 0 Å². The van der Waals surface area contributed by atoms with Crippen LogP contribution < -0.4 is 4.74 Å². The van der Waals surface area contributed by atoms with Crippen LogP contribution in [-0.4, -0.2) is 18.2 Å². The summed E-state index contributed by atoms with van der Waals surface area (Å²) >= 11 is 0. The molecule has 0 radical (unpaired) electrons. The van der Waals surface area contributed by atoms with Gasteiger partial charge in [-0.1, -0.05) is 32.9 Å². The number of ether oxygens (including phenoxy) is 1. The molecule has 19 heavy (non-hydrogen) atoms. The molecule has 0 saturated heterocycles. The average molecular weight is 258 g/mol. The fraction of sp³-hybridized carbons (Fsp3) is 0.312. The molecule has 0 aliphatic carbocycles. The zero-order chi connectivity index (χ0) is 14.2. The number of rotatable bonds is 2. The van der Waals surface area contributed by atoms with E-state index < -0.39 is 5.97 Å². The smallest absolute Gasteiger partial charge is 0.335 e. The Morgan fingerprint density at radius 1 is 1.16 bits per heavy atom. The first-order valence-corrected chi connectivity index (χ1v) is 6.18. The molecule has 3 heteroatoms. The number of hydrogen-bond acceptors (Lipinski definition) is 2. The molecule has 0 fully saturated rings. The van der Waals surface area contributed by atoms with Crippen molar-refractivity contribution in [2.24, 2.45) is 0 Å². The molecule has 2 rings (SSSR count). The minimum absolute atomic E-state index is 0.0463. The number of benzene rings is 2. The van der Waals surface area contributed by atoms with E-state index in [0.29, 0.717) is 5.75 Å². The lowest BCUT2D eigenvalue weighted by Gasteiger charge is -2.20. The Morgan fingerprint density at radius 2 is 1.84 bits per heavy atom. The van der Waals surface area contributed by atoms with Gasteiger partial charge in [0.25, 0.3) is 0 Å². The number of hydrogen-bond donors (Lipinski definition) is 1. The van der Waals surface area contributed by atoms with Gasteiger partial charge in [-0.25, -0.2) is 4.79 Å². The first-order valence-electron chi connectivity index (χ1n) is 6.18. The van der Waals surface area contributed by atoms with Gasteiger partial charge < -0.3 is 9.84 Å². The molecule has 0 amide bonds. The molecule has 0 atom stereocenters. The van der Waals surface area contributed by atoms with Crippen molar-refractivity contribution in [3.8, 4) is 5.75 Å². The summed E-state index contributed by atoms with van der Waals surface area (Å²) in [5.41, 5.74) is 1.49. The molecule has 0 aromatic heterocycles. The summed E-state index contributed by atoms with van der Waals surface area (Å²) in [5, 5.41) is 10.9. The van der Waals surface area contributed by atoms with Crippen LogP contribution in [0.15, 0.2) is 30.3 Å². The molecule has 100 valence electrons. The van der Waals surface area contributed by atoms with Gasteiger partial charge in [0.15, 0.2) is 0 Å². The van der Waals surface area contributed by atoms with Gasteiger partial charge in [-0.05, 0) is 34.6 Å². The summed E-state index contributed by atoms with van der Waals surface area (Å²) in [5.74, 6) is -0.346. The number of aromatic carboxylic acids is 1. The number of carbonyl (C=O) groups is 1. The van der Waals surface area contributed by atoms with Crippen molar-refractivity contribution < 1.29 is 14.6 Å². The van der Waals surface area contributed by atoms with E-state index in [2.05, 4.69) is 26.8 Å². The highest BCUT2D eigenvalue weighted by molar-refractivity contribution is 5.97. The van der Waals surface area contributed by atoms with Gasteiger partial charge in [-0.15, -0.1) is 0 Å². The second-order valence-electron chi connectivity index (χ2n) is 5.67. The van der Waals surface area contributed by atoms with Crippen LogP contribution in [0, 0.1) is 0 Å². The number of carboxylic acid groups (broad SMARTS) is 1. The molecule has 3 nitrogen and oxygen atoms in total.